The van der Waals surface area contributed by atoms with Crippen LogP contribution >= 0.6 is 8.10 Å². The predicted molar refractivity (Wildman–Crippen MR) is 64.8 cm³/mol. The van der Waals surface area contributed by atoms with Gasteiger partial charge in [0.2, 0.25) is 0 Å². The molecule has 0 heterocycles. The van der Waals surface area contributed by atoms with Gasteiger partial charge in [-0.15, -0.1) is 0 Å². The molecule has 0 atom stereocenters. The molecular formula is C10H26N2OP+. The van der Waals surface area contributed by atoms with Crippen LogP contribution in [0.1, 0.15) is 41.5 Å². The Labute approximate surface area is 90.4 Å². The van der Waals surface area contributed by atoms with Crippen molar-refractivity contribution in [1.82, 2.24) is 9.34 Å². The third-order valence-electron chi connectivity index (χ3n) is 1.94. The monoisotopic (exact) mass is 221 g/mol. The van der Waals surface area contributed by atoms with Gasteiger partial charge in [0.05, 0.1) is 0 Å². The summed E-state index contributed by atoms with van der Waals surface area (Å²) in [5.74, 6) is 0. The van der Waals surface area contributed by atoms with Gasteiger partial charge in [0.25, 0.3) is 0 Å². The molecule has 0 radical (unpaired) electrons. The van der Waals surface area contributed by atoms with Gasteiger partial charge >= 0.3 is 8.10 Å². The lowest BCUT2D eigenvalue weighted by Gasteiger charge is -2.11. The van der Waals surface area contributed by atoms with E-state index >= 15 is 0 Å². The molecule has 0 fully saturated rings. The smallest absolute Gasteiger partial charge is 0.0795 e. The van der Waals surface area contributed by atoms with Crippen LogP contribution in [0, 0.1) is 0 Å². The topological polar surface area (TPSA) is 23.6 Å². The van der Waals surface area contributed by atoms with Crippen LogP contribution in [0.15, 0.2) is 0 Å². The van der Waals surface area contributed by atoms with Gasteiger partial charge in [-0.2, -0.15) is 0 Å². The van der Waals surface area contributed by atoms with Crippen molar-refractivity contribution in [2.75, 3.05) is 26.2 Å². The third kappa shape index (κ3) is 5.69. The summed E-state index contributed by atoms with van der Waals surface area (Å²) in [6.07, 6.45) is 0. The van der Waals surface area contributed by atoms with Gasteiger partial charge in [-0.3, -0.25) is 0 Å². The van der Waals surface area contributed by atoms with Crippen LogP contribution < -0.4 is 0 Å². The zero-order chi connectivity index (χ0) is 11.6. The highest BCUT2D eigenvalue weighted by atomic mass is 31.1. The minimum absolute atomic E-state index is 0.863. The number of rotatable bonds is 6. The molecule has 0 aromatic heterocycles. The van der Waals surface area contributed by atoms with Crippen molar-refractivity contribution in [3.63, 3.8) is 0 Å². The minimum Gasteiger partial charge on any atom is -0.0795 e. The first-order valence-electron chi connectivity index (χ1n) is 5.68. The molecule has 0 N–H and O–H groups in total. The minimum atomic E-state index is -1.29. The summed E-state index contributed by atoms with van der Waals surface area (Å²) in [4.78, 5) is 0. The largest absolute Gasteiger partial charge is 0.537 e. The van der Waals surface area contributed by atoms with Crippen molar-refractivity contribution >= 4 is 8.10 Å². The van der Waals surface area contributed by atoms with Crippen LogP contribution in [0.5, 0.6) is 0 Å². The number of hydrogen-bond donors (Lipinski definition) is 0. The number of nitrogens with zero attached hydrogens (tertiary/aromatic N) is 2. The molecule has 0 rings (SSSR count). The van der Waals surface area contributed by atoms with Gasteiger partial charge in [-0.05, 0) is 32.3 Å². The molecule has 14 heavy (non-hydrogen) atoms. The lowest BCUT2D eigenvalue weighted by Crippen LogP contribution is -2.25. The molecule has 0 aromatic carbocycles. The summed E-state index contributed by atoms with van der Waals surface area (Å²) < 4.78 is 15.7. The van der Waals surface area contributed by atoms with Crippen LogP contribution in [-0.2, 0) is 4.57 Å². The van der Waals surface area contributed by atoms with Gasteiger partial charge in [0.1, 0.15) is 0 Å². The molecule has 3 nitrogen and oxygen atoms in total. The van der Waals surface area contributed by atoms with E-state index in [1.54, 1.807) is 0 Å². The maximum absolute atomic E-state index is 11.8. The summed E-state index contributed by atoms with van der Waals surface area (Å²) in [6.45, 7) is 15.6. The van der Waals surface area contributed by atoms with Crippen LogP contribution in [-0.4, -0.2) is 35.5 Å². The van der Waals surface area contributed by atoms with E-state index in [2.05, 4.69) is 0 Å². The van der Waals surface area contributed by atoms with Crippen LogP contribution in [0.4, 0.5) is 0 Å². The first-order chi connectivity index (χ1) is 6.71. The quantitative estimate of drug-likeness (QED) is 0.642. The van der Waals surface area contributed by atoms with E-state index in [9.17, 15) is 4.57 Å². The molecule has 0 saturated heterocycles. The second-order valence-corrected chi connectivity index (χ2v) is 4.17. The molecule has 0 unspecified atom stereocenters. The average Bonchev–Trinajstić information content (AvgIpc) is 2.24. The van der Waals surface area contributed by atoms with E-state index in [1.165, 1.54) is 0 Å². The molecule has 0 bridgehead atoms. The van der Waals surface area contributed by atoms with Gasteiger partial charge in [-0.1, -0.05) is 23.2 Å². The van der Waals surface area contributed by atoms with E-state index < -0.39 is 8.10 Å². The molecule has 0 aromatic rings. The summed E-state index contributed by atoms with van der Waals surface area (Å²) in [6, 6.07) is 0. The number of hydrogen-bond acceptors (Lipinski definition) is 1. The second-order valence-electron chi connectivity index (χ2n) is 2.53. The molecule has 0 aliphatic heterocycles. The Balaban J connectivity index is 0. The molecule has 86 valence electrons. The highest BCUT2D eigenvalue weighted by molar-refractivity contribution is 7.39. The zero-order valence-electron chi connectivity index (χ0n) is 10.6. The SMILES string of the molecule is CC.CCN(CC)[P+](=O)N(CC)CC. The first-order valence-corrected chi connectivity index (χ1v) is 6.84. The van der Waals surface area contributed by atoms with Crippen molar-refractivity contribution in [1.29, 1.82) is 0 Å². The van der Waals surface area contributed by atoms with E-state index in [-0.39, 0.29) is 0 Å². The summed E-state index contributed by atoms with van der Waals surface area (Å²) in [5.41, 5.74) is 0. The van der Waals surface area contributed by atoms with Crippen molar-refractivity contribution in [2.45, 2.75) is 41.5 Å². The predicted octanol–water partition coefficient (Wildman–Crippen LogP) is 3.35. The molecule has 4 heteroatoms. The van der Waals surface area contributed by atoms with E-state index in [4.69, 9.17) is 0 Å². The summed E-state index contributed by atoms with van der Waals surface area (Å²) >= 11 is 0. The Morgan fingerprint density at radius 2 is 1.00 bits per heavy atom. The van der Waals surface area contributed by atoms with Crippen LogP contribution in [0.2, 0.25) is 0 Å². The normalized spacial score (nSPS) is 10.0. The molecular weight excluding hydrogens is 195 g/mol. The van der Waals surface area contributed by atoms with Crippen LogP contribution in [0.25, 0.3) is 0 Å². The Bertz CT molecular complexity index is 120. The van der Waals surface area contributed by atoms with E-state index in [0.717, 1.165) is 26.2 Å². The van der Waals surface area contributed by atoms with Gasteiger partial charge in [-0.25, -0.2) is 0 Å². The Kier molecular flexibility index (Phi) is 13.0. The molecule has 0 aliphatic carbocycles. The second kappa shape index (κ2) is 11.1. The maximum atomic E-state index is 11.8. The summed E-state index contributed by atoms with van der Waals surface area (Å²) in [5, 5.41) is 0. The lowest BCUT2D eigenvalue weighted by atomic mass is 10.7. The Hall–Kier alpha value is 0.0200. The maximum Gasteiger partial charge on any atom is 0.537 e. The van der Waals surface area contributed by atoms with Gasteiger partial charge < -0.3 is 0 Å². The van der Waals surface area contributed by atoms with Crippen molar-refractivity contribution < 1.29 is 4.57 Å². The highest BCUT2D eigenvalue weighted by Crippen LogP contribution is 2.30. The van der Waals surface area contributed by atoms with E-state index in [1.807, 2.05) is 50.9 Å². The Morgan fingerprint density at radius 3 is 1.14 bits per heavy atom. The first kappa shape index (κ1) is 16.4. The lowest BCUT2D eigenvalue weighted by molar-refractivity contribution is 0.381. The fourth-order valence-corrected chi connectivity index (χ4v) is 2.44. The molecule has 0 amide bonds. The fourth-order valence-electron chi connectivity index (χ4n) is 1.11. The fraction of sp³-hybridized carbons (Fsp3) is 1.00. The zero-order valence-corrected chi connectivity index (χ0v) is 11.5. The standard InChI is InChI=1S/C8H20N2OP.C2H6/c1-5-9(6-2)12(11)10(7-3)8-4;1-2/h5-8H2,1-4H3;1-2H3/q+1;. The van der Waals surface area contributed by atoms with Crippen molar-refractivity contribution in [3.05, 3.63) is 0 Å². The summed E-state index contributed by atoms with van der Waals surface area (Å²) in [7, 11) is -1.29. The van der Waals surface area contributed by atoms with Gasteiger partial charge in [0.15, 0.2) is 0 Å². The van der Waals surface area contributed by atoms with Gasteiger partial charge in [0, 0.05) is 26.2 Å². The molecule has 0 aliphatic rings. The molecule has 0 saturated carbocycles. The average molecular weight is 221 g/mol. The highest BCUT2D eigenvalue weighted by Gasteiger charge is 2.31. The van der Waals surface area contributed by atoms with Crippen LogP contribution in [0.3, 0.4) is 0 Å². The Morgan fingerprint density at radius 1 is 0.786 bits per heavy atom. The third-order valence-corrected chi connectivity index (χ3v) is 4.04. The van der Waals surface area contributed by atoms with E-state index in [0.29, 0.717) is 0 Å². The molecule has 0 spiro atoms. The van der Waals surface area contributed by atoms with Crippen molar-refractivity contribution in [3.8, 4) is 0 Å². The van der Waals surface area contributed by atoms with Crippen molar-refractivity contribution in [2.24, 2.45) is 0 Å².